The summed E-state index contributed by atoms with van der Waals surface area (Å²) in [5, 5.41) is 0. The van der Waals surface area contributed by atoms with Gasteiger partial charge in [-0.1, -0.05) is 0 Å². The molecule has 0 rings (SSSR count). The van der Waals surface area contributed by atoms with Crippen molar-refractivity contribution in [2.45, 2.75) is 25.8 Å². The minimum atomic E-state index is -0.185. The molecule has 0 aromatic carbocycles. The van der Waals surface area contributed by atoms with Gasteiger partial charge in [0.25, 0.3) is 0 Å². The van der Waals surface area contributed by atoms with Crippen LogP contribution in [0.5, 0.6) is 0 Å². The molecule has 1 atom stereocenters. The van der Waals surface area contributed by atoms with Crippen LogP contribution in [-0.2, 0) is 14.4 Å². The van der Waals surface area contributed by atoms with E-state index in [1.807, 2.05) is 0 Å². The number of carbonyl (C=O) groups is 3. The van der Waals surface area contributed by atoms with Gasteiger partial charge in [0, 0.05) is 12.5 Å². The average molecular weight is 157 g/mol. The Morgan fingerprint density at radius 1 is 1.27 bits per heavy atom. The fourth-order valence-corrected chi connectivity index (χ4v) is 0.691. The largest absolute Gasteiger partial charge is 0.303 e. The van der Waals surface area contributed by atoms with Gasteiger partial charge in [0.05, 0.1) is 0 Å². The topological polar surface area (TPSA) is 54.5 Å². The zero-order chi connectivity index (χ0) is 8.69. The van der Waals surface area contributed by atoms with E-state index >= 15 is 0 Å². The van der Waals surface area contributed by atoms with Crippen LogP contribution >= 0.6 is 0 Å². The summed E-state index contributed by atoms with van der Waals surface area (Å²) < 4.78 is 0. The van der Waals surface area contributed by atoms with Crippen molar-refractivity contribution in [3.05, 3.63) is 0 Å². The van der Waals surface area contributed by atoms with Crippen LogP contribution in [0.25, 0.3) is 0 Å². The summed E-state index contributed by atoms with van der Waals surface area (Å²) in [6.07, 6.45) is 2.59. The molecule has 0 aromatic rings. The van der Waals surface area contributed by atoms with Crippen LogP contribution in [0.1, 0.15) is 19.8 Å². The Bertz CT molecular complexity index is 139. The van der Waals surface area contributed by atoms with Gasteiger partial charge in [0.2, 0.25) is 12.8 Å². The Kier molecular flexibility index (Phi) is 4.98. The lowest BCUT2D eigenvalue weighted by molar-refractivity contribution is -0.131. The van der Waals surface area contributed by atoms with Crippen molar-refractivity contribution in [1.82, 2.24) is 4.90 Å². The van der Waals surface area contributed by atoms with Crippen LogP contribution in [0.4, 0.5) is 0 Å². The van der Waals surface area contributed by atoms with Crippen LogP contribution in [0, 0.1) is 0 Å². The Morgan fingerprint density at radius 2 is 1.82 bits per heavy atom. The van der Waals surface area contributed by atoms with Crippen molar-refractivity contribution in [1.29, 1.82) is 0 Å². The molecule has 11 heavy (non-hydrogen) atoms. The highest BCUT2D eigenvalue weighted by atomic mass is 16.2. The maximum Gasteiger partial charge on any atom is 0.216 e. The lowest BCUT2D eigenvalue weighted by Crippen LogP contribution is -2.30. The third kappa shape index (κ3) is 3.50. The molecule has 0 heterocycles. The summed E-state index contributed by atoms with van der Waals surface area (Å²) in [4.78, 5) is 31.2. The van der Waals surface area contributed by atoms with Gasteiger partial charge in [-0.2, -0.15) is 0 Å². The zero-order valence-corrected chi connectivity index (χ0v) is 6.40. The molecule has 4 nitrogen and oxygen atoms in total. The second-order valence-electron chi connectivity index (χ2n) is 2.25. The quantitative estimate of drug-likeness (QED) is 0.509. The Balaban J connectivity index is 3.76. The third-order valence-corrected chi connectivity index (χ3v) is 1.45. The lowest BCUT2D eigenvalue weighted by Gasteiger charge is -2.16. The molecule has 2 amide bonds. The normalized spacial score (nSPS) is 11.7. The van der Waals surface area contributed by atoms with Crippen molar-refractivity contribution < 1.29 is 14.4 Å². The van der Waals surface area contributed by atoms with Crippen molar-refractivity contribution in [3.8, 4) is 0 Å². The lowest BCUT2D eigenvalue weighted by atomic mass is 10.2. The molecule has 0 aromatic heterocycles. The number of rotatable bonds is 6. The molecule has 0 aliphatic heterocycles. The van der Waals surface area contributed by atoms with Crippen LogP contribution < -0.4 is 0 Å². The first-order valence-electron chi connectivity index (χ1n) is 3.38. The number of carbonyl (C=O) groups excluding carboxylic acids is 3. The van der Waals surface area contributed by atoms with Gasteiger partial charge >= 0.3 is 0 Å². The average Bonchev–Trinajstić information content (AvgIpc) is 2.03. The van der Waals surface area contributed by atoms with E-state index < -0.39 is 0 Å². The number of hydrogen-bond acceptors (Lipinski definition) is 3. The van der Waals surface area contributed by atoms with Gasteiger partial charge in [0.15, 0.2) is 0 Å². The van der Waals surface area contributed by atoms with Crippen LogP contribution in [0.15, 0.2) is 0 Å². The molecule has 0 aliphatic rings. The van der Waals surface area contributed by atoms with E-state index in [1.54, 1.807) is 6.92 Å². The summed E-state index contributed by atoms with van der Waals surface area (Å²) in [5.41, 5.74) is 0. The third-order valence-electron chi connectivity index (χ3n) is 1.45. The minimum Gasteiger partial charge on any atom is -0.303 e. The van der Waals surface area contributed by atoms with E-state index in [0.29, 0.717) is 25.7 Å². The van der Waals surface area contributed by atoms with Gasteiger partial charge < -0.3 is 4.79 Å². The van der Waals surface area contributed by atoms with E-state index in [2.05, 4.69) is 0 Å². The number of hydrogen-bond donors (Lipinski definition) is 0. The van der Waals surface area contributed by atoms with Crippen molar-refractivity contribution in [2.75, 3.05) is 0 Å². The molecule has 0 spiro atoms. The minimum absolute atomic E-state index is 0.185. The molecule has 62 valence electrons. The van der Waals surface area contributed by atoms with E-state index in [4.69, 9.17) is 0 Å². The maximum absolute atomic E-state index is 10.1. The molecule has 0 bridgehead atoms. The highest BCUT2D eigenvalue weighted by Gasteiger charge is 2.08. The standard InChI is InChI=1S/C7H11NO3/c1-7(3-2-4-9)8(5-10)6-11/h4-7H,2-3H2,1H3. The van der Waals surface area contributed by atoms with Gasteiger partial charge in [-0.3, -0.25) is 14.5 Å². The first-order valence-corrected chi connectivity index (χ1v) is 3.38. The maximum atomic E-state index is 10.1. The van der Waals surface area contributed by atoms with Crippen molar-refractivity contribution >= 4 is 19.1 Å². The van der Waals surface area contributed by atoms with E-state index in [9.17, 15) is 14.4 Å². The van der Waals surface area contributed by atoms with Gasteiger partial charge in [-0.25, -0.2) is 0 Å². The van der Waals surface area contributed by atoms with Crippen molar-refractivity contribution in [2.24, 2.45) is 0 Å². The number of nitrogens with zero attached hydrogens (tertiary/aromatic N) is 1. The van der Waals surface area contributed by atoms with Gasteiger partial charge in [0.1, 0.15) is 6.29 Å². The predicted molar refractivity (Wildman–Crippen MR) is 38.7 cm³/mol. The van der Waals surface area contributed by atoms with E-state index in [1.165, 1.54) is 0 Å². The molecular weight excluding hydrogens is 146 g/mol. The molecule has 4 heteroatoms. The highest BCUT2D eigenvalue weighted by molar-refractivity contribution is 5.69. The molecule has 1 unspecified atom stereocenters. The van der Waals surface area contributed by atoms with E-state index in [-0.39, 0.29) is 6.04 Å². The smallest absolute Gasteiger partial charge is 0.216 e. The Hall–Kier alpha value is -1.19. The molecule has 0 aliphatic carbocycles. The first kappa shape index (κ1) is 9.81. The van der Waals surface area contributed by atoms with Crippen LogP contribution in [0.2, 0.25) is 0 Å². The molecule has 0 saturated carbocycles. The number of aldehydes is 1. The second kappa shape index (κ2) is 5.58. The molecule has 0 fully saturated rings. The fourth-order valence-electron chi connectivity index (χ4n) is 0.691. The highest BCUT2D eigenvalue weighted by Crippen LogP contribution is 2.00. The molecule has 0 saturated heterocycles. The first-order chi connectivity index (χ1) is 5.26. The summed E-state index contributed by atoms with van der Waals surface area (Å²) in [6.45, 7) is 1.71. The summed E-state index contributed by atoms with van der Waals surface area (Å²) >= 11 is 0. The van der Waals surface area contributed by atoms with Crippen molar-refractivity contribution in [3.63, 3.8) is 0 Å². The number of imide groups is 1. The fraction of sp³-hybridized carbons (Fsp3) is 0.571. The monoisotopic (exact) mass is 157 g/mol. The SMILES string of the molecule is CC(CCC=O)N(C=O)C=O. The summed E-state index contributed by atoms with van der Waals surface area (Å²) in [5.74, 6) is 0. The summed E-state index contributed by atoms with van der Waals surface area (Å²) in [7, 11) is 0. The van der Waals surface area contributed by atoms with Gasteiger partial charge in [-0.05, 0) is 13.3 Å². The van der Waals surface area contributed by atoms with Gasteiger partial charge in [-0.15, -0.1) is 0 Å². The zero-order valence-electron chi connectivity index (χ0n) is 6.40. The number of amides is 2. The Morgan fingerprint density at radius 3 is 2.18 bits per heavy atom. The predicted octanol–water partition coefficient (Wildman–Crippen LogP) is -0.0312. The molecular formula is C7H11NO3. The van der Waals surface area contributed by atoms with E-state index in [0.717, 1.165) is 11.2 Å². The molecule has 0 radical (unpaired) electrons. The summed E-state index contributed by atoms with van der Waals surface area (Å²) in [6, 6.07) is -0.185. The Labute approximate surface area is 65.2 Å². The second-order valence-corrected chi connectivity index (χ2v) is 2.25. The molecule has 0 N–H and O–H groups in total. The van der Waals surface area contributed by atoms with Crippen LogP contribution in [0.3, 0.4) is 0 Å². The van der Waals surface area contributed by atoms with Crippen LogP contribution in [-0.4, -0.2) is 30.0 Å².